The van der Waals surface area contributed by atoms with Crippen molar-refractivity contribution in [3.63, 3.8) is 0 Å². The van der Waals surface area contributed by atoms with Crippen molar-refractivity contribution in [3.05, 3.63) is 70.8 Å². The molecule has 0 heterocycles. The van der Waals surface area contributed by atoms with Crippen LogP contribution in [-0.4, -0.2) is 28.4 Å². The fraction of sp³-hybridized carbons (Fsp3) is 0.300. The van der Waals surface area contributed by atoms with Crippen LogP contribution in [0.4, 0.5) is 0 Å². The summed E-state index contributed by atoms with van der Waals surface area (Å²) in [6, 6.07) is 14.9. The fourth-order valence-corrected chi connectivity index (χ4v) is 2.72. The van der Waals surface area contributed by atoms with Gasteiger partial charge in [-0.2, -0.15) is 0 Å². The second-order valence-electron chi connectivity index (χ2n) is 5.80. The maximum absolute atomic E-state index is 12.5. The van der Waals surface area contributed by atoms with Crippen molar-refractivity contribution < 1.29 is 14.7 Å². The molecule has 4 heteroatoms. The van der Waals surface area contributed by atoms with E-state index in [1.54, 1.807) is 24.3 Å². The third-order valence-electron chi connectivity index (χ3n) is 4.21. The lowest BCUT2D eigenvalue weighted by atomic mass is 10.0. The number of rotatable bonds is 7. The van der Waals surface area contributed by atoms with Crippen LogP contribution in [0, 0.1) is 6.92 Å². The smallest absolute Gasteiger partial charge is 0.335 e. The van der Waals surface area contributed by atoms with Gasteiger partial charge in [0, 0.05) is 19.5 Å². The molecule has 0 spiro atoms. The van der Waals surface area contributed by atoms with Crippen molar-refractivity contribution in [2.75, 3.05) is 6.54 Å². The first-order valence-electron chi connectivity index (χ1n) is 8.16. The van der Waals surface area contributed by atoms with Gasteiger partial charge in [-0.3, -0.25) is 4.79 Å². The molecule has 0 atom stereocenters. The number of aromatic carboxylic acids is 1. The number of benzene rings is 2. The van der Waals surface area contributed by atoms with E-state index in [4.69, 9.17) is 0 Å². The Labute approximate surface area is 142 Å². The van der Waals surface area contributed by atoms with E-state index in [0.29, 0.717) is 31.5 Å². The summed E-state index contributed by atoms with van der Waals surface area (Å²) >= 11 is 0. The molecule has 1 N–H and O–H groups in total. The van der Waals surface area contributed by atoms with Crippen LogP contribution in [0.1, 0.15) is 40.4 Å². The highest BCUT2D eigenvalue weighted by Crippen LogP contribution is 2.14. The van der Waals surface area contributed by atoms with Crippen molar-refractivity contribution in [1.82, 2.24) is 4.90 Å². The lowest BCUT2D eigenvalue weighted by molar-refractivity contribution is -0.131. The van der Waals surface area contributed by atoms with Gasteiger partial charge in [0.15, 0.2) is 0 Å². The fourth-order valence-electron chi connectivity index (χ4n) is 2.72. The lowest BCUT2D eigenvalue weighted by Crippen LogP contribution is -2.30. The summed E-state index contributed by atoms with van der Waals surface area (Å²) in [6.45, 7) is 5.22. The SMILES string of the molecule is CCN(Cc1ccccc1C)C(=O)CCc1ccccc1C(=O)O. The number of aryl methyl sites for hydroxylation is 2. The van der Waals surface area contributed by atoms with Gasteiger partial charge in [-0.25, -0.2) is 4.79 Å². The Hall–Kier alpha value is -2.62. The first kappa shape index (κ1) is 17.7. The van der Waals surface area contributed by atoms with Gasteiger partial charge in [-0.05, 0) is 43.0 Å². The zero-order valence-corrected chi connectivity index (χ0v) is 14.2. The summed E-state index contributed by atoms with van der Waals surface area (Å²) in [4.78, 5) is 25.6. The van der Waals surface area contributed by atoms with Crippen molar-refractivity contribution in [2.24, 2.45) is 0 Å². The van der Waals surface area contributed by atoms with E-state index in [2.05, 4.69) is 0 Å². The Balaban J connectivity index is 2.03. The highest BCUT2D eigenvalue weighted by atomic mass is 16.4. The van der Waals surface area contributed by atoms with Crippen LogP contribution >= 0.6 is 0 Å². The minimum Gasteiger partial charge on any atom is -0.478 e. The minimum absolute atomic E-state index is 0.0425. The lowest BCUT2D eigenvalue weighted by Gasteiger charge is -2.22. The molecule has 4 nitrogen and oxygen atoms in total. The van der Waals surface area contributed by atoms with Crippen molar-refractivity contribution in [3.8, 4) is 0 Å². The number of carboxylic acids is 1. The molecule has 0 saturated carbocycles. The summed E-state index contributed by atoms with van der Waals surface area (Å²) < 4.78 is 0. The van der Waals surface area contributed by atoms with Crippen LogP contribution in [0.3, 0.4) is 0 Å². The molecule has 126 valence electrons. The zero-order valence-electron chi connectivity index (χ0n) is 14.2. The van der Waals surface area contributed by atoms with Gasteiger partial charge in [0.1, 0.15) is 0 Å². The van der Waals surface area contributed by atoms with E-state index in [1.807, 2.05) is 43.0 Å². The maximum Gasteiger partial charge on any atom is 0.335 e. The molecule has 0 fully saturated rings. The largest absolute Gasteiger partial charge is 0.478 e. The Bertz CT molecular complexity index is 724. The van der Waals surface area contributed by atoms with E-state index in [-0.39, 0.29) is 11.5 Å². The molecule has 0 bridgehead atoms. The number of carboxylic acid groups (broad SMARTS) is 1. The summed E-state index contributed by atoms with van der Waals surface area (Å²) in [7, 11) is 0. The molecule has 0 aliphatic heterocycles. The van der Waals surface area contributed by atoms with Crippen LogP contribution in [0.25, 0.3) is 0 Å². The number of hydrogen-bond donors (Lipinski definition) is 1. The van der Waals surface area contributed by atoms with Crippen LogP contribution in [0.15, 0.2) is 48.5 Å². The van der Waals surface area contributed by atoms with Gasteiger partial charge in [0.2, 0.25) is 5.91 Å². The summed E-state index contributed by atoms with van der Waals surface area (Å²) in [5, 5.41) is 9.22. The molecule has 2 aromatic rings. The molecule has 0 aliphatic carbocycles. The van der Waals surface area contributed by atoms with Crippen molar-refractivity contribution >= 4 is 11.9 Å². The summed E-state index contributed by atoms with van der Waals surface area (Å²) in [5.74, 6) is -0.911. The Morgan fingerprint density at radius 1 is 1.00 bits per heavy atom. The molecule has 1 amide bonds. The van der Waals surface area contributed by atoms with E-state index in [1.165, 1.54) is 5.56 Å². The quantitative estimate of drug-likeness (QED) is 0.845. The third kappa shape index (κ3) is 4.44. The highest BCUT2D eigenvalue weighted by molar-refractivity contribution is 5.89. The van der Waals surface area contributed by atoms with Crippen LogP contribution in [0.2, 0.25) is 0 Å². The maximum atomic E-state index is 12.5. The molecule has 0 unspecified atom stereocenters. The predicted octanol–water partition coefficient (Wildman–Crippen LogP) is 3.67. The average molecular weight is 325 g/mol. The first-order chi connectivity index (χ1) is 11.5. The summed E-state index contributed by atoms with van der Waals surface area (Å²) in [5.41, 5.74) is 3.27. The second-order valence-corrected chi connectivity index (χ2v) is 5.80. The molecule has 0 radical (unpaired) electrons. The molecule has 0 saturated heterocycles. The Kier molecular flexibility index (Phi) is 6.13. The van der Waals surface area contributed by atoms with Gasteiger partial charge in [0.05, 0.1) is 5.56 Å². The number of hydrogen-bond acceptors (Lipinski definition) is 2. The predicted molar refractivity (Wildman–Crippen MR) is 94.0 cm³/mol. The van der Waals surface area contributed by atoms with Gasteiger partial charge in [-0.1, -0.05) is 42.5 Å². The second kappa shape index (κ2) is 8.29. The average Bonchev–Trinajstić information content (AvgIpc) is 2.59. The van der Waals surface area contributed by atoms with Gasteiger partial charge < -0.3 is 10.0 Å². The molecule has 24 heavy (non-hydrogen) atoms. The van der Waals surface area contributed by atoms with Crippen molar-refractivity contribution in [2.45, 2.75) is 33.2 Å². The first-order valence-corrected chi connectivity index (χ1v) is 8.16. The molecule has 0 aromatic heterocycles. The van der Waals surface area contributed by atoms with E-state index < -0.39 is 5.97 Å². The molecule has 0 aliphatic rings. The number of carbonyl (C=O) groups is 2. The van der Waals surface area contributed by atoms with Gasteiger partial charge in [0.25, 0.3) is 0 Å². The Morgan fingerprint density at radius 2 is 1.62 bits per heavy atom. The zero-order chi connectivity index (χ0) is 17.5. The molecular weight excluding hydrogens is 302 g/mol. The normalized spacial score (nSPS) is 10.4. The molecule has 2 rings (SSSR count). The van der Waals surface area contributed by atoms with E-state index in [0.717, 1.165) is 5.56 Å². The summed E-state index contributed by atoms with van der Waals surface area (Å²) in [6.07, 6.45) is 0.746. The van der Waals surface area contributed by atoms with E-state index in [9.17, 15) is 14.7 Å². The number of nitrogens with zero attached hydrogens (tertiary/aromatic N) is 1. The molecular formula is C20H23NO3. The van der Waals surface area contributed by atoms with Crippen LogP contribution in [0.5, 0.6) is 0 Å². The van der Waals surface area contributed by atoms with Crippen molar-refractivity contribution in [1.29, 1.82) is 0 Å². The van der Waals surface area contributed by atoms with E-state index >= 15 is 0 Å². The number of carbonyl (C=O) groups excluding carboxylic acids is 1. The number of amides is 1. The van der Waals surface area contributed by atoms with Crippen LogP contribution < -0.4 is 0 Å². The van der Waals surface area contributed by atoms with Crippen LogP contribution in [-0.2, 0) is 17.8 Å². The standard InChI is InChI=1S/C20H23NO3/c1-3-21(14-17-10-5-4-8-15(17)2)19(22)13-12-16-9-6-7-11-18(16)20(23)24/h4-11H,3,12-14H2,1-2H3,(H,23,24). The minimum atomic E-state index is -0.953. The topological polar surface area (TPSA) is 57.6 Å². The monoisotopic (exact) mass is 325 g/mol. The highest BCUT2D eigenvalue weighted by Gasteiger charge is 2.15. The van der Waals surface area contributed by atoms with Gasteiger partial charge >= 0.3 is 5.97 Å². The third-order valence-corrected chi connectivity index (χ3v) is 4.21. The molecule has 2 aromatic carbocycles. The van der Waals surface area contributed by atoms with Gasteiger partial charge in [-0.15, -0.1) is 0 Å². The Morgan fingerprint density at radius 3 is 2.25 bits per heavy atom.